The Morgan fingerprint density at radius 3 is 2.28 bits per heavy atom. The lowest BCUT2D eigenvalue weighted by Gasteiger charge is -2.15. The number of fused-ring (bicyclic) bond motifs is 1. The molecule has 0 atom stereocenters. The van der Waals surface area contributed by atoms with Crippen molar-refractivity contribution in [3.8, 4) is 22.6 Å². The zero-order valence-corrected chi connectivity index (χ0v) is 15.5. The second kappa shape index (κ2) is 6.73. The minimum Gasteiger partial charge on any atom is -0.457 e. The molecule has 0 aliphatic carbocycles. The molecular formula is C23H17BrO. The van der Waals surface area contributed by atoms with E-state index < -0.39 is 0 Å². The van der Waals surface area contributed by atoms with Crippen molar-refractivity contribution >= 4 is 26.7 Å². The van der Waals surface area contributed by atoms with E-state index in [9.17, 15) is 0 Å². The van der Waals surface area contributed by atoms with Gasteiger partial charge in [-0.3, -0.25) is 0 Å². The summed E-state index contributed by atoms with van der Waals surface area (Å²) in [6.07, 6.45) is 0. The Kier molecular flexibility index (Phi) is 4.29. The molecule has 0 spiro atoms. The van der Waals surface area contributed by atoms with Crippen LogP contribution in [0.2, 0.25) is 0 Å². The van der Waals surface area contributed by atoms with Gasteiger partial charge in [0.1, 0.15) is 11.5 Å². The number of aryl methyl sites for hydroxylation is 1. The molecular weight excluding hydrogens is 372 g/mol. The second-order valence-electron chi connectivity index (χ2n) is 6.05. The largest absolute Gasteiger partial charge is 0.457 e. The number of hydrogen-bond acceptors (Lipinski definition) is 1. The monoisotopic (exact) mass is 388 g/mol. The van der Waals surface area contributed by atoms with E-state index in [-0.39, 0.29) is 0 Å². The van der Waals surface area contributed by atoms with Gasteiger partial charge in [0.2, 0.25) is 0 Å². The summed E-state index contributed by atoms with van der Waals surface area (Å²) in [6, 6.07) is 29.0. The maximum absolute atomic E-state index is 6.22. The van der Waals surface area contributed by atoms with Crippen LogP contribution in [0, 0.1) is 6.92 Å². The molecule has 0 amide bonds. The number of ether oxygens (including phenoxy) is 1. The van der Waals surface area contributed by atoms with Gasteiger partial charge in [-0.15, -0.1) is 0 Å². The lowest BCUT2D eigenvalue weighted by molar-refractivity contribution is 0.484. The zero-order chi connectivity index (χ0) is 17.2. The first-order valence-corrected chi connectivity index (χ1v) is 9.03. The van der Waals surface area contributed by atoms with Crippen LogP contribution < -0.4 is 4.74 Å². The highest BCUT2D eigenvalue weighted by molar-refractivity contribution is 9.10. The summed E-state index contributed by atoms with van der Waals surface area (Å²) < 4.78 is 7.24. The van der Waals surface area contributed by atoms with Gasteiger partial charge in [0.15, 0.2) is 0 Å². The third kappa shape index (κ3) is 3.18. The van der Waals surface area contributed by atoms with Crippen LogP contribution in [0.1, 0.15) is 5.56 Å². The summed E-state index contributed by atoms with van der Waals surface area (Å²) >= 11 is 3.71. The number of benzene rings is 4. The van der Waals surface area contributed by atoms with Crippen LogP contribution >= 0.6 is 15.9 Å². The first-order valence-electron chi connectivity index (χ1n) is 8.23. The fourth-order valence-corrected chi connectivity index (χ4v) is 3.59. The summed E-state index contributed by atoms with van der Waals surface area (Å²) in [5.41, 5.74) is 3.45. The quantitative estimate of drug-likeness (QED) is 0.355. The van der Waals surface area contributed by atoms with Crippen molar-refractivity contribution in [3.05, 3.63) is 95.0 Å². The third-order valence-corrected chi connectivity index (χ3v) is 4.94. The summed E-state index contributed by atoms with van der Waals surface area (Å²) in [5.74, 6) is 1.68. The fourth-order valence-electron chi connectivity index (χ4n) is 3.03. The molecule has 2 heteroatoms. The highest BCUT2D eigenvalue weighted by atomic mass is 79.9. The van der Waals surface area contributed by atoms with Crippen LogP contribution in [0.25, 0.3) is 21.9 Å². The smallest absolute Gasteiger partial charge is 0.136 e. The number of rotatable bonds is 3. The van der Waals surface area contributed by atoms with E-state index in [2.05, 4.69) is 83.5 Å². The molecule has 4 aromatic carbocycles. The Bertz CT molecular complexity index is 1030. The van der Waals surface area contributed by atoms with Crippen LogP contribution in [-0.2, 0) is 0 Å². The van der Waals surface area contributed by atoms with Gasteiger partial charge in [0.25, 0.3) is 0 Å². The van der Waals surface area contributed by atoms with E-state index in [1.165, 1.54) is 16.3 Å². The van der Waals surface area contributed by atoms with Gasteiger partial charge in [-0.25, -0.2) is 0 Å². The molecule has 4 aromatic rings. The molecule has 0 bridgehead atoms. The van der Waals surface area contributed by atoms with E-state index in [1.807, 2.05) is 24.3 Å². The fraction of sp³-hybridized carbons (Fsp3) is 0.0435. The van der Waals surface area contributed by atoms with Gasteiger partial charge >= 0.3 is 0 Å². The Morgan fingerprint density at radius 2 is 1.44 bits per heavy atom. The highest BCUT2D eigenvalue weighted by Crippen LogP contribution is 2.41. The van der Waals surface area contributed by atoms with Gasteiger partial charge in [0.05, 0.1) is 0 Å². The Labute approximate surface area is 156 Å². The van der Waals surface area contributed by atoms with Gasteiger partial charge < -0.3 is 4.74 Å². The van der Waals surface area contributed by atoms with Crippen molar-refractivity contribution in [3.63, 3.8) is 0 Å². The lowest BCUT2D eigenvalue weighted by Crippen LogP contribution is -1.91. The summed E-state index contributed by atoms with van der Waals surface area (Å²) in [6.45, 7) is 2.07. The van der Waals surface area contributed by atoms with Crippen molar-refractivity contribution in [2.75, 3.05) is 0 Å². The molecule has 0 unspecified atom stereocenters. The third-order valence-electron chi connectivity index (χ3n) is 4.28. The molecule has 0 saturated carbocycles. The van der Waals surface area contributed by atoms with E-state index in [4.69, 9.17) is 4.74 Å². The molecule has 1 nitrogen and oxygen atoms in total. The average Bonchev–Trinajstić information content (AvgIpc) is 2.64. The van der Waals surface area contributed by atoms with Crippen molar-refractivity contribution in [2.24, 2.45) is 0 Å². The Balaban J connectivity index is 1.88. The van der Waals surface area contributed by atoms with Gasteiger partial charge in [-0.1, -0.05) is 82.2 Å². The van der Waals surface area contributed by atoms with Crippen LogP contribution in [0.15, 0.2) is 89.4 Å². The topological polar surface area (TPSA) is 9.23 Å². The standard InChI is InChI=1S/C23H17BrO/c1-16-12-14-18(15-13-16)25-22-11-5-10-21(24)23(22)20-9-4-7-17-6-2-3-8-19(17)20/h2-15H,1H3. The molecule has 0 saturated heterocycles. The molecule has 0 aliphatic heterocycles. The van der Waals surface area contributed by atoms with E-state index in [1.54, 1.807) is 0 Å². The van der Waals surface area contributed by atoms with Gasteiger partial charge in [-0.05, 0) is 47.5 Å². The van der Waals surface area contributed by atoms with E-state index in [0.29, 0.717) is 0 Å². The minimum atomic E-state index is 0.838. The molecule has 0 heterocycles. The summed E-state index contributed by atoms with van der Waals surface area (Å²) in [5, 5.41) is 2.43. The van der Waals surface area contributed by atoms with Crippen molar-refractivity contribution in [2.45, 2.75) is 6.92 Å². The lowest BCUT2D eigenvalue weighted by atomic mass is 9.97. The number of halogens is 1. The molecule has 0 N–H and O–H groups in total. The molecule has 4 rings (SSSR count). The zero-order valence-electron chi connectivity index (χ0n) is 13.9. The summed E-state index contributed by atoms with van der Waals surface area (Å²) in [4.78, 5) is 0. The Hall–Kier alpha value is -2.58. The highest BCUT2D eigenvalue weighted by Gasteiger charge is 2.14. The number of hydrogen-bond donors (Lipinski definition) is 0. The first-order chi connectivity index (χ1) is 12.2. The van der Waals surface area contributed by atoms with Crippen molar-refractivity contribution in [1.82, 2.24) is 0 Å². The molecule has 0 radical (unpaired) electrons. The van der Waals surface area contributed by atoms with Crippen LogP contribution in [0.5, 0.6) is 11.5 Å². The predicted molar refractivity (Wildman–Crippen MR) is 108 cm³/mol. The summed E-state index contributed by atoms with van der Waals surface area (Å²) in [7, 11) is 0. The normalized spacial score (nSPS) is 10.8. The molecule has 25 heavy (non-hydrogen) atoms. The predicted octanol–water partition coefficient (Wildman–Crippen LogP) is 7.37. The van der Waals surface area contributed by atoms with Crippen LogP contribution in [0.4, 0.5) is 0 Å². The molecule has 122 valence electrons. The Morgan fingerprint density at radius 1 is 0.720 bits per heavy atom. The van der Waals surface area contributed by atoms with Gasteiger partial charge in [0, 0.05) is 10.0 Å². The molecule has 0 aromatic heterocycles. The maximum atomic E-state index is 6.22. The second-order valence-corrected chi connectivity index (χ2v) is 6.91. The first kappa shape index (κ1) is 15.9. The molecule has 0 aliphatic rings. The van der Waals surface area contributed by atoms with Crippen LogP contribution in [0.3, 0.4) is 0 Å². The van der Waals surface area contributed by atoms with Gasteiger partial charge in [-0.2, -0.15) is 0 Å². The van der Waals surface area contributed by atoms with E-state index in [0.717, 1.165) is 27.1 Å². The van der Waals surface area contributed by atoms with Crippen LogP contribution in [-0.4, -0.2) is 0 Å². The minimum absolute atomic E-state index is 0.838. The van der Waals surface area contributed by atoms with Crippen molar-refractivity contribution < 1.29 is 4.74 Å². The molecule has 0 fully saturated rings. The maximum Gasteiger partial charge on any atom is 0.136 e. The van der Waals surface area contributed by atoms with Crippen molar-refractivity contribution in [1.29, 1.82) is 0 Å². The van der Waals surface area contributed by atoms with E-state index >= 15 is 0 Å². The average molecular weight is 389 g/mol. The SMILES string of the molecule is Cc1ccc(Oc2cccc(Br)c2-c2cccc3ccccc23)cc1.